The van der Waals surface area contributed by atoms with Crippen LogP contribution in [0.15, 0.2) is 0 Å². The molecule has 0 aliphatic rings. The third-order valence-electron chi connectivity index (χ3n) is 2.95. The van der Waals surface area contributed by atoms with Crippen LogP contribution in [-0.2, 0) is 10.2 Å². The van der Waals surface area contributed by atoms with Crippen molar-refractivity contribution in [3.63, 3.8) is 0 Å². The molecule has 0 spiro atoms. The predicted octanol–water partition coefficient (Wildman–Crippen LogP) is 4.30. The second-order valence-corrected chi connectivity index (χ2v) is 6.80. The van der Waals surface area contributed by atoms with Gasteiger partial charge in [-0.2, -0.15) is 0 Å². The Labute approximate surface area is 136 Å². The molecule has 0 aromatic carbocycles. The van der Waals surface area contributed by atoms with Crippen molar-refractivity contribution in [1.82, 2.24) is 9.97 Å². The second kappa shape index (κ2) is 7.54. The maximum absolute atomic E-state index is 5.76. The van der Waals surface area contributed by atoms with Gasteiger partial charge in [-0.15, -0.1) is 0 Å². The molecule has 5 heteroatoms. The summed E-state index contributed by atoms with van der Waals surface area (Å²) in [7, 11) is 0. The molecule has 0 saturated heterocycles. The van der Waals surface area contributed by atoms with E-state index in [-0.39, 0.29) is 11.5 Å². The Morgan fingerprint density at radius 2 is 1.85 bits per heavy atom. The number of nitrogens with one attached hydrogen (secondary N) is 1. The van der Waals surface area contributed by atoms with Crippen molar-refractivity contribution in [2.75, 3.05) is 18.5 Å². The lowest BCUT2D eigenvalue weighted by atomic mass is 9.91. The number of hydrogen-bond donors (Lipinski definition) is 1. The van der Waals surface area contributed by atoms with E-state index >= 15 is 0 Å². The quantitative estimate of drug-likeness (QED) is 0.735. The minimum atomic E-state index is -0.0319. The maximum Gasteiger partial charge on any atom is 0.159 e. The van der Waals surface area contributed by atoms with Crippen molar-refractivity contribution in [2.24, 2.45) is 0 Å². The van der Waals surface area contributed by atoms with Crippen molar-refractivity contribution in [3.05, 3.63) is 15.1 Å². The van der Waals surface area contributed by atoms with Gasteiger partial charge < -0.3 is 10.1 Å². The third-order valence-corrected chi connectivity index (χ3v) is 3.97. The van der Waals surface area contributed by atoms with Gasteiger partial charge in [0.25, 0.3) is 0 Å². The summed E-state index contributed by atoms with van der Waals surface area (Å²) < 4.78 is 6.87. The molecule has 4 nitrogen and oxygen atoms in total. The largest absolute Gasteiger partial charge is 0.371 e. The number of anilines is 1. The van der Waals surface area contributed by atoms with Crippen LogP contribution in [0.4, 0.5) is 5.82 Å². The monoisotopic (exact) mass is 391 g/mol. The molecule has 0 fully saturated rings. The predicted molar refractivity (Wildman–Crippen MR) is 92.3 cm³/mol. The molecule has 1 aromatic rings. The van der Waals surface area contributed by atoms with Crippen molar-refractivity contribution in [3.8, 4) is 0 Å². The van der Waals surface area contributed by atoms with Crippen LogP contribution in [0.1, 0.15) is 65.6 Å². The van der Waals surface area contributed by atoms with Crippen LogP contribution in [-0.4, -0.2) is 23.1 Å². The molecule has 0 bridgehead atoms. The summed E-state index contributed by atoms with van der Waals surface area (Å²) in [6.07, 6.45) is 0.847. The van der Waals surface area contributed by atoms with Crippen molar-refractivity contribution >= 4 is 28.4 Å². The standard InChI is InChI=1S/C15H26IN3O/c1-7-10(20-9-3)13-18-12(15(4,5)6)11(16)14(19-13)17-8-2/h10H,7-9H2,1-6H3,(H,17,18,19). The highest BCUT2D eigenvalue weighted by molar-refractivity contribution is 14.1. The normalized spacial score (nSPS) is 13.3. The lowest BCUT2D eigenvalue weighted by molar-refractivity contribution is 0.0532. The van der Waals surface area contributed by atoms with E-state index in [4.69, 9.17) is 9.72 Å². The van der Waals surface area contributed by atoms with Gasteiger partial charge in [-0.1, -0.05) is 27.7 Å². The molecular weight excluding hydrogens is 365 g/mol. The van der Waals surface area contributed by atoms with Gasteiger partial charge in [-0.3, -0.25) is 0 Å². The first-order chi connectivity index (χ1) is 9.35. The molecule has 1 atom stereocenters. The van der Waals surface area contributed by atoms with Gasteiger partial charge in [0.05, 0.1) is 9.26 Å². The number of nitrogens with zero attached hydrogens (tertiary/aromatic N) is 2. The Hall–Kier alpha value is -0.430. The summed E-state index contributed by atoms with van der Waals surface area (Å²) in [5.41, 5.74) is 1.07. The van der Waals surface area contributed by atoms with E-state index < -0.39 is 0 Å². The van der Waals surface area contributed by atoms with E-state index in [0.29, 0.717) is 6.61 Å². The summed E-state index contributed by atoms with van der Waals surface area (Å²) in [6.45, 7) is 14.2. The first-order valence-corrected chi connectivity index (χ1v) is 8.36. The SMILES string of the molecule is CCNc1nc(C(CC)OCC)nc(C(C)(C)C)c1I. The van der Waals surface area contributed by atoms with E-state index in [1.54, 1.807) is 0 Å². The zero-order valence-corrected chi connectivity index (χ0v) is 15.5. The molecule has 1 heterocycles. The van der Waals surface area contributed by atoms with Crippen LogP contribution in [0.25, 0.3) is 0 Å². The van der Waals surface area contributed by atoms with E-state index in [9.17, 15) is 0 Å². The molecule has 0 saturated carbocycles. The number of halogens is 1. The Bertz CT molecular complexity index is 443. The molecule has 0 radical (unpaired) electrons. The first-order valence-electron chi connectivity index (χ1n) is 7.28. The van der Waals surface area contributed by atoms with E-state index in [1.807, 2.05) is 6.92 Å². The van der Waals surface area contributed by atoms with Crippen molar-refractivity contribution < 1.29 is 4.74 Å². The molecule has 0 amide bonds. The molecule has 1 N–H and O–H groups in total. The number of aromatic nitrogens is 2. The highest BCUT2D eigenvalue weighted by Crippen LogP contribution is 2.31. The lowest BCUT2D eigenvalue weighted by Gasteiger charge is -2.24. The summed E-state index contributed by atoms with van der Waals surface area (Å²) in [4.78, 5) is 9.46. The van der Waals surface area contributed by atoms with Gasteiger partial charge in [0.1, 0.15) is 11.9 Å². The van der Waals surface area contributed by atoms with Crippen LogP contribution < -0.4 is 5.32 Å². The minimum absolute atomic E-state index is 0.0110. The van der Waals surface area contributed by atoms with Crippen LogP contribution in [0.2, 0.25) is 0 Å². The Morgan fingerprint density at radius 1 is 1.20 bits per heavy atom. The Morgan fingerprint density at radius 3 is 2.30 bits per heavy atom. The van der Waals surface area contributed by atoms with E-state index in [2.05, 4.69) is 67.5 Å². The van der Waals surface area contributed by atoms with Crippen LogP contribution in [0.5, 0.6) is 0 Å². The fourth-order valence-corrected chi connectivity index (χ4v) is 3.21. The Kier molecular flexibility index (Phi) is 6.64. The summed E-state index contributed by atoms with van der Waals surface area (Å²) >= 11 is 2.33. The average molecular weight is 391 g/mol. The highest BCUT2D eigenvalue weighted by Gasteiger charge is 2.25. The fourth-order valence-electron chi connectivity index (χ4n) is 1.97. The van der Waals surface area contributed by atoms with Crippen LogP contribution >= 0.6 is 22.6 Å². The fraction of sp³-hybridized carbons (Fsp3) is 0.733. The van der Waals surface area contributed by atoms with Crippen molar-refractivity contribution in [1.29, 1.82) is 0 Å². The molecule has 0 aliphatic carbocycles. The summed E-state index contributed by atoms with van der Waals surface area (Å²) in [6, 6.07) is 0. The second-order valence-electron chi connectivity index (χ2n) is 5.73. The minimum Gasteiger partial charge on any atom is -0.371 e. The van der Waals surface area contributed by atoms with Crippen molar-refractivity contribution in [2.45, 2.75) is 59.5 Å². The topological polar surface area (TPSA) is 47.0 Å². The molecule has 0 aliphatic heterocycles. The summed E-state index contributed by atoms with van der Waals surface area (Å²) in [5.74, 6) is 1.71. The molecule has 114 valence electrons. The van der Waals surface area contributed by atoms with E-state index in [0.717, 1.165) is 33.9 Å². The molecule has 1 aromatic heterocycles. The molecule has 20 heavy (non-hydrogen) atoms. The molecule has 1 unspecified atom stereocenters. The maximum atomic E-state index is 5.76. The van der Waals surface area contributed by atoms with Gasteiger partial charge in [-0.05, 0) is 42.9 Å². The molecule has 1 rings (SSSR count). The average Bonchev–Trinajstić information content (AvgIpc) is 2.37. The number of ether oxygens (including phenoxy) is 1. The van der Waals surface area contributed by atoms with Gasteiger partial charge in [-0.25, -0.2) is 9.97 Å². The van der Waals surface area contributed by atoms with Gasteiger partial charge in [0.15, 0.2) is 5.82 Å². The smallest absolute Gasteiger partial charge is 0.159 e. The van der Waals surface area contributed by atoms with Crippen LogP contribution in [0, 0.1) is 3.57 Å². The number of hydrogen-bond acceptors (Lipinski definition) is 4. The Balaban J connectivity index is 3.35. The van der Waals surface area contributed by atoms with Gasteiger partial charge >= 0.3 is 0 Å². The van der Waals surface area contributed by atoms with Gasteiger partial charge in [0, 0.05) is 18.6 Å². The van der Waals surface area contributed by atoms with Crippen LogP contribution in [0.3, 0.4) is 0 Å². The summed E-state index contributed by atoms with van der Waals surface area (Å²) in [5, 5.41) is 3.34. The zero-order valence-electron chi connectivity index (χ0n) is 13.4. The highest BCUT2D eigenvalue weighted by atomic mass is 127. The third kappa shape index (κ3) is 4.28. The number of rotatable bonds is 6. The molecular formula is C15H26IN3O. The first kappa shape index (κ1) is 17.6. The zero-order chi connectivity index (χ0) is 15.3. The van der Waals surface area contributed by atoms with E-state index in [1.165, 1.54) is 0 Å². The lowest BCUT2D eigenvalue weighted by Crippen LogP contribution is -2.21. The van der Waals surface area contributed by atoms with Gasteiger partial charge in [0.2, 0.25) is 0 Å².